The predicted molar refractivity (Wildman–Crippen MR) is 145 cm³/mol. The summed E-state index contributed by atoms with van der Waals surface area (Å²) < 4.78 is 11.6. The van der Waals surface area contributed by atoms with Crippen LogP contribution in [0.15, 0.2) is 23.2 Å². The summed E-state index contributed by atoms with van der Waals surface area (Å²) in [7, 11) is 4.28. The minimum absolute atomic E-state index is 0. The van der Waals surface area contributed by atoms with Gasteiger partial charge in [-0.05, 0) is 65.4 Å². The smallest absolute Gasteiger partial charge is 0.191 e. The van der Waals surface area contributed by atoms with Crippen LogP contribution in [0, 0.1) is 12.8 Å². The largest absolute Gasteiger partial charge is 0.493 e. The zero-order valence-electron chi connectivity index (χ0n) is 20.6. The Labute approximate surface area is 212 Å². The number of guanidine groups is 1. The van der Waals surface area contributed by atoms with E-state index >= 15 is 0 Å². The highest BCUT2D eigenvalue weighted by Gasteiger charge is 2.17. The molecule has 0 aliphatic carbocycles. The maximum Gasteiger partial charge on any atom is 0.191 e. The third-order valence-electron chi connectivity index (χ3n) is 5.55. The molecule has 0 aromatic heterocycles. The maximum atomic E-state index is 6.16. The summed E-state index contributed by atoms with van der Waals surface area (Å²) in [5.41, 5.74) is 2.34. The molecule has 32 heavy (non-hydrogen) atoms. The molecule has 2 N–H and O–H groups in total. The minimum Gasteiger partial charge on any atom is -0.493 e. The number of unbranched alkanes of at least 4 members (excludes halogenated alkanes) is 4. The van der Waals surface area contributed by atoms with Crippen LogP contribution >= 0.6 is 24.0 Å². The fraction of sp³-hybridized carbons (Fsp3) is 0.720. The van der Waals surface area contributed by atoms with E-state index in [2.05, 4.69) is 61.7 Å². The summed E-state index contributed by atoms with van der Waals surface area (Å²) in [5.74, 6) is 2.33. The zero-order valence-corrected chi connectivity index (χ0v) is 23.0. The van der Waals surface area contributed by atoms with Crippen molar-refractivity contribution in [3.05, 3.63) is 29.3 Å². The highest BCUT2D eigenvalue weighted by Crippen LogP contribution is 2.23. The normalized spacial score (nSPS) is 16.2. The Morgan fingerprint density at radius 3 is 2.66 bits per heavy atom. The van der Waals surface area contributed by atoms with Crippen molar-refractivity contribution in [3.63, 3.8) is 0 Å². The Morgan fingerprint density at radius 2 is 1.94 bits per heavy atom. The molecule has 0 spiro atoms. The van der Waals surface area contributed by atoms with Crippen LogP contribution in [0.4, 0.5) is 0 Å². The molecule has 0 bridgehead atoms. The van der Waals surface area contributed by atoms with Crippen molar-refractivity contribution in [2.75, 3.05) is 53.6 Å². The number of nitrogens with one attached hydrogen (secondary N) is 2. The van der Waals surface area contributed by atoms with Gasteiger partial charge < -0.3 is 25.0 Å². The number of benzene rings is 1. The quantitative estimate of drug-likeness (QED) is 0.151. The van der Waals surface area contributed by atoms with E-state index in [0.29, 0.717) is 19.1 Å². The third kappa shape index (κ3) is 12.3. The molecule has 7 heteroatoms. The second-order valence-corrected chi connectivity index (χ2v) is 8.84. The van der Waals surface area contributed by atoms with E-state index in [1.54, 1.807) is 0 Å². The molecule has 1 aliphatic rings. The molecule has 0 saturated carbocycles. The van der Waals surface area contributed by atoms with Crippen LogP contribution in [0.25, 0.3) is 0 Å². The minimum atomic E-state index is 0. The van der Waals surface area contributed by atoms with Gasteiger partial charge in [-0.2, -0.15) is 0 Å². The molecule has 184 valence electrons. The molecular weight excluding hydrogens is 515 g/mol. The molecule has 1 saturated heterocycles. The number of rotatable bonds is 14. The summed E-state index contributed by atoms with van der Waals surface area (Å²) in [6.07, 6.45) is 7.44. The zero-order chi connectivity index (χ0) is 22.3. The number of hydrogen-bond acceptors (Lipinski definition) is 4. The van der Waals surface area contributed by atoms with Crippen molar-refractivity contribution in [2.24, 2.45) is 10.9 Å². The molecule has 0 amide bonds. The molecular formula is C25H45IN4O2. The first-order chi connectivity index (χ1) is 15.1. The van der Waals surface area contributed by atoms with Crippen LogP contribution in [0.2, 0.25) is 0 Å². The van der Waals surface area contributed by atoms with Gasteiger partial charge in [0.15, 0.2) is 5.96 Å². The van der Waals surface area contributed by atoms with Gasteiger partial charge in [0, 0.05) is 31.2 Å². The van der Waals surface area contributed by atoms with Gasteiger partial charge in [0.05, 0.1) is 19.8 Å². The number of aliphatic imine (C=N–C) groups is 1. The second-order valence-electron chi connectivity index (χ2n) is 8.84. The lowest BCUT2D eigenvalue weighted by atomic mass is 10.1. The molecule has 2 rings (SSSR count). The number of ether oxygens (including phenoxy) is 2. The summed E-state index contributed by atoms with van der Waals surface area (Å²) >= 11 is 0. The number of aryl methyl sites for hydroxylation is 1. The highest BCUT2D eigenvalue weighted by molar-refractivity contribution is 14.0. The average molecular weight is 561 g/mol. The second kappa shape index (κ2) is 17.4. The molecule has 1 atom stereocenters. The molecule has 1 aromatic rings. The van der Waals surface area contributed by atoms with E-state index in [4.69, 9.17) is 14.5 Å². The van der Waals surface area contributed by atoms with Crippen LogP contribution in [0.1, 0.15) is 56.6 Å². The van der Waals surface area contributed by atoms with Crippen LogP contribution in [0.3, 0.4) is 0 Å². The molecule has 1 unspecified atom stereocenters. The monoisotopic (exact) mass is 560 g/mol. The first-order valence-electron chi connectivity index (χ1n) is 12.1. The van der Waals surface area contributed by atoms with E-state index in [1.807, 2.05) is 0 Å². The molecule has 1 aromatic carbocycles. The van der Waals surface area contributed by atoms with Gasteiger partial charge in [0.1, 0.15) is 5.75 Å². The molecule has 6 nitrogen and oxygen atoms in total. The Kier molecular flexibility index (Phi) is 15.8. The SMILES string of the molecule is CCNC(=NCc1ccc(C)cc1OCC1CCOC1)NCCCCCCCN(C)C.I. The predicted octanol–water partition coefficient (Wildman–Crippen LogP) is 4.60. The van der Waals surface area contributed by atoms with Gasteiger partial charge >= 0.3 is 0 Å². The van der Waals surface area contributed by atoms with Crippen molar-refractivity contribution in [1.82, 2.24) is 15.5 Å². The van der Waals surface area contributed by atoms with Gasteiger partial charge in [-0.1, -0.05) is 31.4 Å². The van der Waals surface area contributed by atoms with E-state index < -0.39 is 0 Å². The van der Waals surface area contributed by atoms with E-state index in [-0.39, 0.29) is 24.0 Å². The summed E-state index contributed by atoms with van der Waals surface area (Å²) in [6, 6.07) is 6.39. The Hall–Kier alpha value is -1.06. The molecule has 1 aliphatic heterocycles. The number of nitrogens with zero attached hydrogens (tertiary/aromatic N) is 2. The Morgan fingerprint density at radius 1 is 1.16 bits per heavy atom. The van der Waals surface area contributed by atoms with E-state index in [9.17, 15) is 0 Å². The van der Waals surface area contributed by atoms with Crippen LogP contribution in [-0.2, 0) is 11.3 Å². The van der Waals surface area contributed by atoms with Crippen molar-refractivity contribution in [2.45, 2.75) is 58.9 Å². The van der Waals surface area contributed by atoms with Crippen molar-refractivity contribution < 1.29 is 9.47 Å². The summed E-state index contributed by atoms with van der Waals surface area (Å²) in [6.45, 7) is 10.2. The molecule has 1 heterocycles. The first kappa shape index (κ1) is 29.0. The molecule has 1 fully saturated rings. The maximum absolute atomic E-state index is 6.16. The highest BCUT2D eigenvalue weighted by atomic mass is 127. The lowest BCUT2D eigenvalue weighted by Crippen LogP contribution is -2.37. The van der Waals surface area contributed by atoms with Crippen LogP contribution in [0.5, 0.6) is 5.75 Å². The lowest BCUT2D eigenvalue weighted by Gasteiger charge is -2.15. The van der Waals surface area contributed by atoms with Crippen LogP contribution in [-0.4, -0.2) is 64.4 Å². The van der Waals surface area contributed by atoms with Crippen LogP contribution < -0.4 is 15.4 Å². The Bertz CT molecular complexity index is 649. The van der Waals surface area contributed by atoms with Crippen molar-refractivity contribution in [1.29, 1.82) is 0 Å². The van der Waals surface area contributed by atoms with Gasteiger partial charge in [0.2, 0.25) is 0 Å². The topological polar surface area (TPSA) is 58.1 Å². The summed E-state index contributed by atoms with van der Waals surface area (Å²) in [5, 5.41) is 6.84. The van der Waals surface area contributed by atoms with Crippen molar-refractivity contribution in [3.8, 4) is 5.75 Å². The van der Waals surface area contributed by atoms with Crippen molar-refractivity contribution >= 4 is 29.9 Å². The number of halogens is 1. The standard InChI is InChI=1S/C25H44N4O2.HI/c1-5-26-25(27-14-9-7-6-8-10-15-29(3)4)28-18-23-12-11-21(2)17-24(23)31-20-22-13-16-30-19-22;/h11-12,17,22H,5-10,13-16,18-20H2,1-4H3,(H2,26,27,28);1H. The fourth-order valence-corrected chi connectivity index (χ4v) is 3.65. The van der Waals surface area contributed by atoms with Gasteiger partial charge in [-0.3, -0.25) is 0 Å². The summed E-state index contributed by atoms with van der Waals surface area (Å²) in [4.78, 5) is 7.06. The van der Waals surface area contributed by atoms with Gasteiger partial charge in [-0.25, -0.2) is 4.99 Å². The third-order valence-corrected chi connectivity index (χ3v) is 5.55. The van der Waals surface area contributed by atoms with Gasteiger partial charge in [0.25, 0.3) is 0 Å². The number of hydrogen-bond donors (Lipinski definition) is 2. The average Bonchev–Trinajstić information content (AvgIpc) is 3.26. The van der Waals surface area contributed by atoms with Gasteiger partial charge in [-0.15, -0.1) is 24.0 Å². The molecule has 0 radical (unpaired) electrons. The van der Waals surface area contributed by atoms with E-state index in [1.165, 1.54) is 44.2 Å². The lowest BCUT2D eigenvalue weighted by molar-refractivity contribution is 0.166. The Balaban J connectivity index is 0.00000512. The fourth-order valence-electron chi connectivity index (χ4n) is 3.65. The van der Waals surface area contributed by atoms with E-state index in [0.717, 1.165) is 50.0 Å². The first-order valence-corrected chi connectivity index (χ1v) is 12.1.